The zero-order chi connectivity index (χ0) is 15.6. The molecular weight excluding hydrogens is 290 g/mol. The van der Waals surface area contributed by atoms with E-state index < -0.39 is 5.60 Å². The molecule has 0 bridgehead atoms. The number of hydrogen-bond acceptors (Lipinski definition) is 5. The van der Waals surface area contributed by atoms with Crippen LogP contribution in [0.3, 0.4) is 0 Å². The van der Waals surface area contributed by atoms with Crippen LogP contribution in [0, 0.1) is 0 Å². The van der Waals surface area contributed by atoms with Gasteiger partial charge in [0.2, 0.25) is 0 Å². The number of thiophene rings is 1. The Labute approximate surface area is 128 Å². The summed E-state index contributed by atoms with van der Waals surface area (Å²) in [4.78, 5) is 26.3. The lowest BCUT2D eigenvalue weighted by Gasteiger charge is -2.30. The van der Waals surface area contributed by atoms with Crippen LogP contribution < -0.4 is 0 Å². The van der Waals surface area contributed by atoms with E-state index in [1.54, 1.807) is 11.8 Å². The lowest BCUT2D eigenvalue weighted by molar-refractivity contribution is 0.0224. The van der Waals surface area contributed by atoms with Crippen molar-refractivity contribution in [1.29, 1.82) is 0 Å². The number of fused-ring (bicyclic) bond motifs is 1. The molecule has 0 saturated carbocycles. The van der Waals surface area contributed by atoms with Gasteiger partial charge < -0.3 is 14.4 Å². The fourth-order valence-corrected chi connectivity index (χ4v) is 3.21. The summed E-state index contributed by atoms with van der Waals surface area (Å²) in [6.45, 7) is 8.76. The first-order valence-electron chi connectivity index (χ1n) is 7.06. The Balaban J connectivity index is 2.09. The average molecular weight is 311 g/mol. The van der Waals surface area contributed by atoms with Crippen LogP contribution in [-0.2, 0) is 22.4 Å². The molecule has 0 saturated heterocycles. The lowest BCUT2D eigenvalue weighted by atomic mass is 10.0. The number of amides is 1. The minimum atomic E-state index is -0.498. The second kappa shape index (κ2) is 6.05. The number of carbonyl (C=O) groups excluding carboxylic acids is 2. The molecule has 21 heavy (non-hydrogen) atoms. The molecule has 2 rings (SSSR count). The highest BCUT2D eigenvalue weighted by molar-refractivity contribution is 7.12. The molecule has 1 aromatic rings. The molecule has 5 nitrogen and oxygen atoms in total. The number of nitrogens with zero attached hydrogens (tertiary/aromatic N) is 1. The topological polar surface area (TPSA) is 55.8 Å². The summed E-state index contributed by atoms with van der Waals surface area (Å²) in [5.74, 6) is -0.269. The third-order valence-corrected chi connectivity index (χ3v) is 4.14. The van der Waals surface area contributed by atoms with Crippen LogP contribution in [0.5, 0.6) is 0 Å². The molecule has 0 unspecified atom stereocenters. The minimum absolute atomic E-state index is 0.269. The van der Waals surface area contributed by atoms with Gasteiger partial charge in [0.05, 0.1) is 13.2 Å². The largest absolute Gasteiger partial charge is 0.462 e. The quantitative estimate of drug-likeness (QED) is 0.787. The van der Waals surface area contributed by atoms with Crippen molar-refractivity contribution in [3.63, 3.8) is 0 Å². The highest BCUT2D eigenvalue weighted by atomic mass is 32.1. The standard InChI is InChI=1S/C15H21NO4S/c1-5-19-13(17)12-11-6-7-16(8-10(11)9-21-12)14(18)20-15(2,3)4/h9H,5-8H2,1-4H3. The van der Waals surface area contributed by atoms with E-state index in [-0.39, 0.29) is 12.1 Å². The van der Waals surface area contributed by atoms with Gasteiger partial charge in [-0.15, -0.1) is 11.3 Å². The summed E-state index contributed by atoms with van der Waals surface area (Å²) in [5.41, 5.74) is 1.53. The van der Waals surface area contributed by atoms with Crippen molar-refractivity contribution in [2.45, 2.75) is 46.3 Å². The van der Waals surface area contributed by atoms with Crippen molar-refractivity contribution in [2.75, 3.05) is 13.2 Å². The molecule has 0 spiro atoms. The van der Waals surface area contributed by atoms with Gasteiger partial charge in [0.1, 0.15) is 10.5 Å². The molecule has 1 aromatic heterocycles. The third kappa shape index (κ3) is 3.75. The lowest BCUT2D eigenvalue weighted by Crippen LogP contribution is -2.39. The van der Waals surface area contributed by atoms with Crippen LogP contribution >= 0.6 is 11.3 Å². The zero-order valence-corrected chi connectivity index (χ0v) is 13.7. The van der Waals surface area contributed by atoms with Crippen molar-refractivity contribution < 1.29 is 19.1 Å². The molecule has 1 amide bonds. The number of ether oxygens (including phenoxy) is 2. The highest BCUT2D eigenvalue weighted by Crippen LogP contribution is 2.29. The van der Waals surface area contributed by atoms with E-state index in [1.165, 1.54) is 11.3 Å². The predicted octanol–water partition coefficient (Wildman–Crippen LogP) is 3.22. The van der Waals surface area contributed by atoms with Crippen molar-refractivity contribution >= 4 is 23.4 Å². The van der Waals surface area contributed by atoms with Crippen LogP contribution in [0.15, 0.2) is 5.38 Å². The summed E-state index contributed by atoms with van der Waals surface area (Å²) in [6, 6.07) is 0. The molecule has 1 aliphatic heterocycles. The van der Waals surface area contributed by atoms with Gasteiger partial charge in [-0.05, 0) is 50.6 Å². The van der Waals surface area contributed by atoms with E-state index in [0.717, 1.165) is 11.1 Å². The van der Waals surface area contributed by atoms with Crippen molar-refractivity contribution in [1.82, 2.24) is 4.90 Å². The van der Waals surface area contributed by atoms with Crippen LogP contribution in [-0.4, -0.2) is 35.7 Å². The van der Waals surface area contributed by atoms with Gasteiger partial charge in [-0.25, -0.2) is 9.59 Å². The van der Waals surface area contributed by atoms with Crippen LogP contribution in [0.4, 0.5) is 4.79 Å². The zero-order valence-electron chi connectivity index (χ0n) is 12.9. The van der Waals surface area contributed by atoms with E-state index in [1.807, 2.05) is 26.2 Å². The molecular formula is C15H21NO4S. The molecule has 0 atom stereocenters. The predicted molar refractivity (Wildman–Crippen MR) is 80.6 cm³/mol. The maximum absolute atomic E-state index is 12.1. The van der Waals surface area contributed by atoms with E-state index >= 15 is 0 Å². The van der Waals surface area contributed by atoms with Gasteiger partial charge in [0, 0.05) is 6.54 Å². The molecule has 0 radical (unpaired) electrons. The Morgan fingerprint density at radius 3 is 2.71 bits per heavy atom. The van der Waals surface area contributed by atoms with Crippen molar-refractivity contribution in [3.8, 4) is 0 Å². The fraction of sp³-hybridized carbons (Fsp3) is 0.600. The van der Waals surface area contributed by atoms with Gasteiger partial charge >= 0.3 is 12.1 Å². The Hall–Kier alpha value is -1.56. The number of esters is 1. The minimum Gasteiger partial charge on any atom is -0.462 e. The number of rotatable bonds is 2. The smallest absolute Gasteiger partial charge is 0.410 e. The second-order valence-corrected chi connectivity index (χ2v) is 6.82. The van der Waals surface area contributed by atoms with Crippen molar-refractivity contribution in [2.24, 2.45) is 0 Å². The van der Waals surface area contributed by atoms with E-state index in [0.29, 0.717) is 31.0 Å². The van der Waals surface area contributed by atoms with E-state index in [2.05, 4.69) is 0 Å². The van der Waals surface area contributed by atoms with Crippen LogP contribution in [0.25, 0.3) is 0 Å². The maximum Gasteiger partial charge on any atom is 0.410 e. The molecule has 2 heterocycles. The first-order valence-corrected chi connectivity index (χ1v) is 7.94. The average Bonchev–Trinajstić information content (AvgIpc) is 2.79. The molecule has 0 aliphatic carbocycles. The van der Waals surface area contributed by atoms with Crippen LogP contribution in [0.2, 0.25) is 0 Å². The van der Waals surface area contributed by atoms with E-state index in [4.69, 9.17) is 9.47 Å². The Morgan fingerprint density at radius 1 is 1.38 bits per heavy atom. The molecule has 6 heteroatoms. The Bertz CT molecular complexity index is 544. The second-order valence-electron chi connectivity index (χ2n) is 5.94. The number of carbonyl (C=O) groups is 2. The van der Waals surface area contributed by atoms with Crippen molar-refractivity contribution in [3.05, 3.63) is 21.4 Å². The molecule has 0 aromatic carbocycles. The summed E-state index contributed by atoms with van der Waals surface area (Å²) < 4.78 is 10.4. The first-order chi connectivity index (χ1) is 9.81. The SMILES string of the molecule is CCOC(=O)c1scc2c1CCN(C(=O)OC(C)(C)C)C2. The summed E-state index contributed by atoms with van der Waals surface area (Å²) in [5, 5.41) is 1.93. The maximum atomic E-state index is 12.1. The van der Waals surface area contributed by atoms with E-state index in [9.17, 15) is 9.59 Å². The fourth-order valence-electron chi connectivity index (χ4n) is 2.21. The first kappa shape index (κ1) is 15.8. The van der Waals surface area contributed by atoms with Gasteiger partial charge in [0.25, 0.3) is 0 Å². The summed E-state index contributed by atoms with van der Waals surface area (Å²) in [6.07, 6.45) is 0.351. The Kier molecular flexibility index (Phi) is 4.56. The summed E-state index contributed by atoms with van der Waals surface area (Å²) >= 11 is 1.39. The molecule has 0 N–H and O–H groups in total. The molecule has 1 aliphatic rings. The number of hydrogen-bond donors (Lipinski definition) is 0. The van der Waals surface area contributed by atoms with Gasteiger partial charge in [-0.3, -0.25) is 0 Å². The molecule has 0 fully saturated rings. The molecule has 116 valence electrons. The normalized spacial score (nSPS) is 14.6. The van der Waals surface area contributed by atoms with Gasteiger partial charge in [0.15, 0.2) is 0 Å². The summed E-state index contributed by atoms with van der Waals surface area (Å²) in [7, 11) is 0. The monoisotopic (exact) mass is 311 g/mol. The third-order valence-electron chi connectivity index (χ3n) is 3.09. The van der Waals surface area contributed by atoms with Gasteiger partial charge in [-0.1, -0.05) is 0 Å². The van der Waals surface area contributed by atoms with Gasteiger partial charge in [-0.2, -0.15) is 0 Å². The Morgan fingerprint density at radius 2 is 2.10 bits per heavy atom. The van der Waals surface area contributed by atoms with Crippen LogP contribution in [0.1, 0.15) is 48.5 Å². The highest BCUT2D eigenvalue weighted by Gasteiger charge is 2.29.